The molecular weight excluding hydrogens is 259 g/mol. The second kappa shape index (κ2) is 4.22. The van der Waals surface area contributed by atoms with Gasteiger partial charge in [-0.3, -0.25) is 0 Å². The first-order chi connectivity index (χ1) is 9.03. The van der Waals surface area contributed by atoms with E-state index in [9.17, 15) is 13.2 Å². The summed E-state index contributed by atoms with van der Waals surface area (Å²) in [6, 6.07) is 0. The van der Waals surface area contributed by atoms with E-state index in [0.717, 1.165) is 34.5 Å². The summed E-state index contributed by atoms with van der Waals surface area (Å²) < 4.78 is 38.0. The van der Waals surface area contributed by atoms with Gasteiger partial charge in [-0.05, 0) is 12.8 Å². The Morgan fingerprint density at radius 1 is 1.26 bits per heavy atom. The molecule has 0 unspecified atom stereocenters. The first-order valence-corrected chi connectivity index (χ1v) is 5.74. The molecule has 0 atom stereocenters. The maximum atomic E-state index is 12.4. The van der Waals surface area contributed by atoms with Crippen LogP contribution in [-0.4, -0.2) is 30.9 Å². The molecular formula is C11H10F3N5. The SMILES string of the molecule is FC(F)(F)Cn1ncnc1-c1nc2c([nH]1)=CCCC=2. The van der Waals surface area contributed by atoms with Crippen LogP contribution in [0.3, 0.4) is 0 Å². The van der Waals surface area contributed by atoms with E-state index in [4.69, 9.17) is 0 Å². The third kappa shape index (κ3) is 2.38. The van der Waals surface area contributed by atoms with E-state index in [-0.39, 0.29) is 5.82 Å². The largest absolute Gasteiger partial charge is 0.408 e. The third-order valence-electron chi connectivity index (χ3n) is 2.77. The van der Waals surface area contributed by atoms with E-state index in [1.165, 1.54) is 0 Å². The van der Waals surface area contributed by atoms with Crippen LogP contribution in [0.4, 0.5) is 13.2 Å². The van der Waals surface area contributed by atoms with Gasteiger partial charge in [0.25, 0.3) is 0 Å². The van der Waals surface area contributed by atoms with Crippen molar-refractivity contribution in [3.8, 4) is 11.6 Å². The van der Waals surface area contributed by atoms with Gasteiger partial charge in [0.05, 0.1) is 10.7 Å². The number of nitrogens with zero attached hydrogens (tertiary/aromatic N) is 4. The highest BCUT2D eigenvalue weighted by Crippen LogP contribution is 2.19. The van der Waals surface area contributed by atoms with E-state index in [1.807, 2.05) is 12.2 Å². The molecule has 0 saturated carbocycles. The molecule has 5 nitrogen and oxygen atoms in total. The number of hydrogen-bond donors (Lipinski definition) is 1. The van der Waals surface area contributed by atoms with Crippen molar-refractivity contribution in [3.63, 3.8) is 0 Å². The standard InChI is InChI=1S/C11H10F3N5/c12-11(13,14)5-19-10(15-6-16-19)9-17-7-3-1-2-4-8(7)18-9/h3-4,6H,1-2,5H2,(H,17,18). The number of H-pyrrole nitrogens is 1. The number of alkyl halides is 3. The Kier molecular flexibility index (Phi) is 2.65. The van der Waals surface area contributed by atoms with Gasteiger partial charge < -0.3 is 4.98 Å². The monoisotopic (exact) mass is 269 g/mol. The smallest absolute Gasteiger partial charge is 0.336 e. The lowest BCUT2D eigenvalue weighted by molar-refractivity contribution is -0.142. The molecule has 0 amide bonds. The normalized spacial score (nSPS) is 14.7. The molecule has 1 aliphatic carbocycles. The summed E-state index contributed by atoms with van der Waals surface area (Å²) in [6.07, 6.45) is 2.44. The van der Waals surface area contributed by atoms with Crippen LogP contribution in [0.5, 0.6) is 0 Å². The van der Waals surface area contributed by atoms with Crippen LogP contribution >= 0.6 is 0 Å². The van der Waals surface area contributed by atoms with E-state index in [2.05, 4.69) is 20.1 Å². The summed E-state index contributed by atoms with van der Waals surface area (Å²) in [4.78, 5) is 11.1. The van der Waals surface area contributed by atoms with Gasteiger partial charge in [0, 0.05) is 0 Å². The van der Waals surface area contributed by atoms with Gasteiger partial charge in [0.1, 0.15) is 12.9 Å². The fourth-order valence-corrected chi connectivity index (χ4v) is 2.00. The van der Waals surface area contributed by atoms with E-state index in [0.29, 0.717) is 5.82 Å². The molecule has 2 aromatic heterocycles. The second-order valence-electron chi connectivity index (χ2n) is 4.23. The van der Waals surface area contributed by atoms with Crippen LogP contribution in [0, 0.1) is 0 Å². The Balaban J connectivity index is 2.04. The highest BCUT2D eigenvalue weighted by Gasteiger charge is 2.30. The Bertz CT molecular complexity index is 676. The molecule has 1 N–H and O–H groups in total. The molecule has 0 radical (unpaired) electrons. The Morgan fingerprint density at radius 2 is 2.05 bits per heavy atom. The molecule has 2 aromatic rings. The van der Waals surface area contributed by atoms with Crippen molar-refractivity contribution >= 4 is 12.2 Å². The van der Waals surface area contributed by atoms with Crippen LogP contribution in [0.1, 0.15) is 12.8 Å². The van der Waals surface area contributed by atoms with Crippen LogP contribution in [0.15, 0.2) is 6.33 Å². The van der Waals surface area contributed by atoms with Gasteiger partial charge in [0.15, 0.2) is 11.6 Å². The predicted molar refractivity (Wildman–Crippen MR) is 61.1 cm³/mol. The van der Waals surface area contributed by atoms with Gasteiger partial charge in [-0.1, -0.05) is 12.2 Å². The Hall–Kier alpha value is -2.12. The Labute approximate surface area is 105 Å². The minimum absolute atomic E-state index is 0.0912. The van der Waals surface area contributed by atoms with Crippen molar-refractivity contribution in [3.05, 3.63) is 17.0 Å². The number of halogens is 3. The van der Waals surface area contributed by atoms with Crippen molar-refractivity contribution in [1.29, 1.82) is 0 Å². The number of rotatable bonds is 2. The fraction of sp³-hybridized carbons (Fsp3) is 0.364. The first-order valence-electron chi connectivity index (χ1n) is 5.74. The molecule has 8 heteroatoms. The zero-order valence-corrected chi connectivity index (χ0v) is 9.78. The lowest BCUT2D eigenvalue weighted by Gasteiger charge is -2.07. The highest BCUT2D eigenvalue weighted by atomic mass is 19.4. The lowest BCUT2D eigenvalue weighted by atomic mass is 10.2. The van der Waals surface area contributed by atoms with Crippen LogP contribution < -0.4 is 10.7 Å². The zero-order chi connectivity index (χ0) is 13.5. The van der Waals surface area contributed by atoms with Crippen LogP contribution in [-0.2, 0) is 6.54 Å². The number of fused-ring (bicyclic) bond motifs is 1. The molecule has 2 heterocycles. The first kappa shape index (κ1) is 11.9. The maximum absolute atomic E-state index is 12.4. The van der Waals surface area contributed by atoms with Crippen LogP contribution in [0.2, 0.25) is 0 Å². The van der Waals surface area contributed by atoms with Crippen molar-refractivity contribution in [2.75, 3.05) is 0 Å². The highest BCUT2D eigenvalue weighted by molar-refractivity contribution is 5.45. The number of aromatic nitrogens is 5. The predicted octanol–water partition coefficient (Wildman–Crippen LogP) is 0.585. The topological polar surface area (TPSA) is 59.4 Å². The molecule has 1 aliphatic rings. The van der Waals surface area contributed by atoms with Gasteiger partial charge >= 0.3 is 6.18 Å². The second-order valence-corrected chi connectivity index (χ2v) is 4.23. The van der Waals surface area contributed by atoms with Crippen molar-refractivity contribution in [2.24, 2.45) is 0 Å². The summed E-state index contributed by atoms with van der Waals surface area (Å²) >= 11 is 0. The quantitative estimate of drug-likeness (QED) is 0.867. The van der Waals surface area contributed by atoms with Gasteiger partial charge in [-0.25, -0.2) is 14.6 Å². The van der Waals surface area contributed by atoms with Crippen molar-refractivity contribution in [2.45, 2.75) is 25.6 Å². The summed E-state index contributed by atoms with van der Waals surface area (Å²) in [5.41, 5.74) is 0. The average Bonchev–Trinajstić information content (AvgIpc) is 2.91. The summed E-state index contributed by atoms with van der Waals surface area (Å²) in [6.45, 7) is -1.18. The summed E-state index contributed by atoms with van der Waals surface area (Å²) in [5.74, 6) is 0.398. The lowest BCUT2D eigenvalue weighted by Crippen LogP contribution is -2.26. The van der Waals surface area contributed by atoms with Gasteiger partial charge in [0.2, 0.25) is 0 Å². The summed E-state index contributed by atoms with van der Waals surface area (Å²) in [7, 11) is 0. The number of aromatic amines is 1. The van der Waals surface area contributed by atoms with Crippen molar-refractivity contribution < 1.29 is 13.2 Å². The molecule has 0 saturated heterocycles. The number of imidazole rings is 1. The molecule has 0 spiro atoms. The molecule has 3 rings (SSSR count). The van der Waals surface area contributed by atoms with E-state index >= 15 is 0 Å². The van der Waals surface area contributed by atoms with E-state index in [1.54, 1.807) is 0 Å². The maximum Gasteiger partial charge on any atom is 0.408 e. The number of hydrogen-bond acceptors (Lipinski definition) is 3. The van der Waals surface area contributed by atoms with E-state index < -0.39 is 12.7 Å². The molecule has 0 aromatic carbocycles. The summed E-state index contributed by atoms with van der Waals surface area (Å²) in [5, 5.41) is 5.16. The minimum atomic E-state index is -4.34. The van der Waals surface area contributed by atoms with Gasteiger partial charge in [-0.2, -0.15) is 18.3 Å². The fourth-order valence-electron chi connectivity index (χ4n) is 2.00. The third-order valence-corrected chi connectivity index (χ3v) is 2.77. The minimum Gasteiger partial charge on any atom is -0.336 e. The Morgan fingerprint density at radius 3 is 2.79 bits per heavy atom. The molecule has 0 bridgehead atoms. The average molecular weight is 269 g/mol. The zero-order valence-electron chi connectivity index (χ0n) is 9.78. The molecule has 19 heavy (non-hydrogen) atoms. The number of nitrogens with one attached hydrogen (secondary N) is 1. The molecule has 0 fully saturated rings. The van der Waals surface area contributed by atoms with Gasteiger partial charge in [-0.15, -0.1) is 0 Å². The molecule has 100 valence electrons. The van der Waals surface area contributed by atoms with Crippen molar-refractivity contribution in [1.82, 2.24) is 24.7 Å². The molecule has 0 aliphatic heterocycles. The van der Waals surface area contributed by atoms with Crippen LogP contribution in [0.25, 0.3) is 23.8 Å².